The first kappa shape index (κ1) is 23.8. The van der Waals surface area contributed by atoms with E-state index in [1.165, 1.54) is 12.1 Å². The fraction of sp³-hybridized carbons (Fsp3) is 0.611. The van der Waals surface area contributed by atoms with Crippen LogP contribution in [0.25, 0.3) is 0 Å². The van der Waals surface area contributed by atoms with Crippen LogP contribution < -0.4 is 16.4 Å². The van der Waals surface area contributed by atoms with E-state index >= 15 is 0 Å². The van der Waals surface area contributed by atoms with Crippen molar-refractivity contribution < 1.29 is 32.2 Å². The summed E-state index contributed by atoms with van der Waals surface area (Å²) in [5.74, 6) is 0. The van der Waals surface area contributed by atoms with E-state index in [9.17, 15) is 18.0 Å². The topological polar surface area (TPSA) is 94.8 Å². The standard InChI is InChI=1S/C18H28F3N3O4/c1-17(2,3)28-16(25)24-7-9-27-11-10-26-8-6-23-15-5-4-13(22)12-14(15)18(19,20)21/h4-5,12,23H,6-11,22H2,1-3H3,(H,24,25). The number of rotatable bonds is 10. The van der Waals surface area contributed by atoms with Gasteiger partial charge < -0.3 is 30.6 Å². The van der Waals surface area contributed by atoms with Crippen LogP contribution in [0.3, 0.4) is 0 Å². The van der Waals surface area contributed by atoms with Crippen LogP contribution in [0, 0.1) is 0 Å². The largest absolute Gasteiger partial charge is 0.444 e. The third-order valence-electron chi connectivity index (χ3n) is 3.20. The average molecular weight is 407 g/mol. The maximum absolute atomic E-state index is 13.0. The highest BCUT2D eigenvalue weighted by Gasteiger charge is 2.33. The van der Waals surface area contributed by atoms with E-state index in [4.69, 9.17) is 19.9 Å². The molecule has 0 aliphatic carbocycles. The molecule has 1 aromatic rings. The Balaban J connectivity index is 2.11. The first-order valence-electron chi connectivity index (χ1n) is 8.82. The second-order valence-electron chi connectivity index (χ2n) is 6.88. The third kappa shape index (κ3) is 10.2. The summed E-state index contributed by atoms with van der Waals surface area (Å²) in [6.45, 7) is 6.89. The molecule has 0 aliphatic rings. The SMILES string of the molecule is CC(C)(C)OC(=O)NCCOCCOCCNc1ccc(N)cc1C(F)(F)F. The van der Waals surface area contributed by atoms with E-state index < -0.39 is 23.4 Å². The van der Waals surface area contributed by atoms with Crippen LogP contribution in [0.4, 0.5) is 29.3 Å². The van der Waals surface area contributed by atoms with Crippen molar-refractivity contribution in [2.75, 3.05) is 50.6 Å². The number of halogens is 3. The Bertz CT molecular complexity index is 619. The summed E-state index contributed by atoms with van der Waals surface area (Å²) < 4.78 is 54.5. The Labute approximate surface area is 162 Å². The summed E-state index contributed by atoms with van der Waals surface area (Å²) in [5, 5.41) is 5.24. The van der Waals surface area contributed by atoms with Crippen LogP contribution in [0.2, 0.25) is 0 Å². The zero-order valence-corrected chi connectivity index (χ0v) is 16.3. The minimum atomic E-state index is -4.49. The lowest BCUT2D eigenvalue weighted by atomic mass is 10.1. The molecular weight excluding hydrogens is 379 g/mol. The summed E-state index contributed by atoms with van der Waals surface area (Å²) in [6.07, 6.45) is -5.00. The summed E-state index contributed by atoms with van der Waals surface area (Å²) in [7, 11) is 0. The van der Waals surface area contributed by atoms with Crippen molar-refractivity contribution in [1.82, 2.24) is 5.32 Å². The molecule has 0 saturated heterocycles. The van der Waals surface area contributed by atoms with Crippen molar-refractivity contribution >= 4 is 17.5 Å². The van der Waals surface area contributed by atoms with Gasteiger partial charge in [0.1, 0.15) is 5.60 Å². The van der Waals surface area contributed by atoms with E-state index in [-0.39, 0.29) is 31.1 Å². The van der Waals surface area contributed by atoms with Crippen molar-refractivity contribution in [3.63, 3.8) is 0 Å². The molecule has 1 rings (SSSR count). The van der Waals surface area contributed by atoms with E-state index in [0.717, 1.165) is 6.07 Å². The molecule has 0 aliphatic heterocycles. The fourth-order valence-electron chi connectivity index (χ4n) is 2.07. The highest BCUT2D eigenvalue weighted by Crippen LogP contribution is 2.35. The molecule has 0 spiro atoms. The van der Waals surface area contributed by atoms with Gasteiger partial charge in [0.25, 0.3) is 0 Å². The van der Waals surface area contributed by atoms with Crippen molar-refractivity contribution in [3.8, 4) is 0 Å². The van der Waals surface area contributed by atoms with Gasteiger partial charge in [-0.2, -0.15) is 13.2 Å². The maximum atomic E-state index is 13.0. The molecule has 0 aromatic heterocycles. The number of nitrogens with one attached hydrogen (secondary N) is 2. The van der Waals surface area contributed by atoms with Gasteiger partial charge in [0.15, 0.2) is 0 Å². The number of anilines is 2. The lowest BCUT2D eigenvalue weighted by molar-refractivity contribution is -0.136. The molecule has 0 heterocycles. The van der Waals surface area contributed by atoms with Gasteiger partial charge in [0, 0.05) is 24.5 Å². The van der Waals surface area contributed by atoms with Crippen molar-refractivity contribution in [2.24, 2.45) is 0 Å². The number of nitrogens with two attached hydrogens (primary N) is 1. The van der Waals surface area contributed by atoms with Crippen LogP contribution in [-0.4, -0.2) is 51.2 Å². The van der Waals surface area contributed by atoms with Crippen LogP contribution >= 0.6 is 0 Å². The predicted octanol–water partition coefficient (Wildman–Crippen LogP) is 3.26. The number of carbonyl (C=O) groups excluding carboxylic acids is 1. The van der Waals surface area contributed by atoms with Crippen LogP contribution in [0.15, 0.2) is 18.2 Å². The highest BCUT2D eigenvalue weighted by atomic mass is 19.4. The Morgan fingerprint density at radius 3 is 2.21 bits per heavy atom. The minimum Gasteiger partial charge on any atom is -0.444 e. The van der Waals surface area contributed by atoms with Gasteiger partial charge in [-0.1, -0.05) is 0 Å². The second-order valence-corrected chi connectivity index (χ2v) is 6.88. The Morgan fingerprint density at radius 2 is 1.64 bits per heavy atom. The molecule has 0 fully saturated rings. The molecule has 0 bridgehead atoms. The first-order chi connectivity index (χ1) is 13.0. The van der Waals surface area contributed by atoms with Gasteiger partial charge in [-0.3, -0.25) is 0 Å². The van der Waals surface area contributed by atoms with Gasteiger partial charge in [-0.05, 0) is 39.0 Å². The first-order valence-corrected chi connectivity index (χ1v) is 8.82. The summed E-state index contributed by atoms with van der Waals surface area (Å²) in [6, 6.07) is 3.58. The molecular formula is C18H28F3N3O4. The molecule has 28 heavy (non-hydrogen) atoms. The Morgan fingerprint density at radius 1 is 1.04 bits per heavy atom. The zero-order valence-electron chi connectivity index (χ0n) is 16.3. The Kier molecular flexibility index (Phi) is 9.33. The maximum Gasteiger partial charge on any atom is 0.418 e. The fourth-order valence-corrected chi connectivity index (χ4v) is 2.07. The highest BCUT2D eigenvalue weighted by molar-refractivity contribution is 5.67. The van der Waals surface area contributed by atoms with Crippen LogP contribution in [0.5, 0.6) is 0 Å². The quantitative estimate of drug-likeness (QED) is 0.407. The summed E-state index contributed by atoms with van der Waals surface area (Å²) in [5.41, 5.74) is 4.05. The lowest BCUT2D eigenvalue weighted by Gasteiger charge is -2.19. The number of ether oxygens (including phenoxy) is 3. The third-order valence-corrected chi connectivity index (χ3v) is 3.20. The summed E-state index contributed by atoms with van der Waals surface area (Å²) in [4.78, 5) is 11.4. The lowest BCUT2D eigenvalue weighted by Crippen LogP contribution is -2.34. The molecule has 0 atom stereocenters. The van der Waals surface area contributed by atoms with Gasteiger partial charge in [-0.25, -0.2) is 4.79 Å². The van der Waals surface area contributed by atoms with E-state index in [1.807, 2.05) is 0 Å². The van der Waals surface area contributed by atoms with Crippen LogP contribution in [0.1, 0.15) is 26.3 Å². The monoisotopic (exact) mass is 407 g/mol. The van der Waals surface area contributed by atoms with Gasteiger partial charge in [0.05, 0.1) is 32.0 Å². The van der Waals surface area contributed by atoms with Crippen LogP contribution in [-0.2, 0) is 20.4 Å². The minimum absolute atomic E-state index is 0.0465. The smallest absolute Gasteiger partial charge is 0.418 e. The molecule has 0 saturated carbocycles. The average Bonchev–Trinajstić information content (AvgIpc) is 2.55. The molecule has 7 nitrogen and oxygen atoms in total. The second kappa shape index (κ2) is 11.0. The van der Waals surface area contributed by atoms with E-state index in [0.29, 0.717) is 19.8 Å². The molecule has 0 radical (unpaired) electrons. The summed E-state index contributed by atoms with van der Waals surface area (Å²) >= 11 is 0. The van der Waals surface area contributed by atoms with Gasteiger partial charge in [0.2, 0.25) is 0 Å². The molecule has 0 unspecified atom stereocenters. The van der Waals surface area contributed by atoms with Gasteiger partial charge in [-0.15, -0.1) is 0 Å². The molecule has 4 N–H and O–H groups in total. The number of alkyl carbamates (subject to hydrolysis) is 1. The predicted molar refractivity (Wildman–Crippen MR) is 100 cm³/mol. The molecule has 1 amide bonds. The number of benzene rings is 1. The number of carbonyl (C=O) groups is 1. The van der Waals surface area contributed by atoms with Gasteiger partial charge >= 0.3 is 12.3 Å². The van der Waals surface area contributed by atoms with E-state index in [1.54, 1.807) is 20.8 Å². The number of nitrogen functional groups attached to an aromatic ring is 1. The molecule has 10 heteroatoms. The number of amides is 1. The van der Waals surface area contributed by atoms with Crippen molar-refractivity contribution in [2.45, 2.75) is 32.5 Å². The number of alkyl halides is 3. The number of hydrogen-bond acceptors (Lipinski definition) is 6. The molecule has 1 aromatic carbocycles. The van der Waals surface area contributed by atoms with Crippen molar-refractivity contribution in [3.05, 3.63) is 23.8 Å². The normalized spacial score (nSPS) is 11.9. The zero-order chi connectivity index (χ0) is 21.2. The Hall–Kier alpha value is -2.20. The number of hydrogen-bond donors (Lipinski definition) is 3. The van der Waals surface area contributed by atoms with E-state index in [2.05, 4.69) is 10.6 Å². The van der Waals surface area contributed by atoms with Crippen molar-refractivity contribution in [1.29, 1.82) is 0 Å². The molecule has 160 valence electrons.